The van der Waals surface area contributed by atoms with Crippen molar-refractivity contribution in [3.05, 3.63) is 98.9 Å². The first-order valence-electron chi connectivity index (χ1n) is 10.3. The van der Waals surface area contributed by atoms with E-state index < -0.39 is 6.04 Å². The van der Waals surface area contributed by atoms with Crippen LogP contribution < -0.4 is 10.6 Å². The van der Waals surface area contributed by atoms with E-state index in [4.69, 9.17) is 39.9 Å². The van der Waals surface area contributed by atoms with Gasteiger partial charge in [-0.2, -0.15) is 4.98 Å². The average molecular weight is 512 g/mol. The van der Waals surface area contributed by atoms with Crippen LogP contribution in [-0.2, 0) is 4.79 Å². The third kappa shape index (κ3) is 4.14. The predicted molar refractivity (Wildman–Crippen MR) is 134 cm³/mol. The van der Waals surface area contributed by atoms with Crippen molar-refractivity contribution in [2.45, 2.75) is 13.0 Å². The topological polar surface area (TPSA) is 84.7 Å². The second-order valence-corrected chi connectivity index (χ2v) is 8.84. The number of hydrogen-bond acceptors (Lipinski definition) is 5. The molecule has 7 nitrogen and oxygen atoms in total. The molecule has 1 unspecified atom stereocenters. The molecule has 0 fully saturated rings. The Bertz CT molecular complexity index is 1430. The van der Waals surface area contributed by atoms with Gasteiger partial charge in [-0.15, -0.1) is 5.10 Å². The van der Waals surface area contributed by atoms with Gasteiger partial charge in [0.2, 0.25) is 5.95 Å². The minimum absolute atomic E-state index is 0.305. The second-order valence-electron chi connectivity index (χ2n) is 7.62. The minimum atomic E-state index is -0.620. The fourth-order valence-corrected chi connectivity index (χ4v) is 4.36. The van der Waals surface area contributed by atoms with Crippen LogP contribution in [0.4, 0.5) is 11.6 Å². The summed E-state index contributed by atoms with van der Waals surface area (Å²) in [6.45, 7) is 1.82. The SMILES string of the molecule is CC1=C(C(=O)Nc2cccnc2)C(c2ccccc2Cl)n2nc(-c3ccc(Cl)c(Cl)c3)nc2N1. The Kier molecular flexibility index (Phi) is 6.00. The Hall–Kier alpha value is -3.39. The van der Waals surface area contributed by atoms with Gasteiger partial charge >= 0.3 is 0 Å². The van der Waals surface area contributed by atoms with Crippen LogP contribution in [0.5, 0.6) is 0 Å². The Morgan fingerprint density at radius 3 is 2.59 bits per heavy atom. The van der Waals surface area contributed by atoms with Crippen molar-refractivity contribution in [2.75, 3.05) is 10.6 Å². The summed E-state index contributed by atoms with van der Waals surface area (Å²) < 4.78 is 1.66. The molecule has 1 aliphatic heterocycles. The van der Waals surface area contributed by atoms with Crippen molar-refractivity contribution in [2.24, 2.45) is 0 Å². The third-order valence-electron chi connectivity index (χ3n) is 5.39. The summed E-state index contributed by atoms with van der Waals surface area (Å²) in [5, 5.41) is 12.2. The summed E-state index contributed by atoms with van der Waals surface area (Å²) in [5.74, 6) is 0.599. The van der Waals surface area contributed by atoms with Gasteiger partial charge in [0, 0.05) is 28.0 Å². The summed E-state index contributed by atoms with van der Waals surface area (Å²) in [6.07, 6.45) is 3.22. The molecule has 5 rings (SSSR count). The van der Waals surface area contributed by atoms with Crippen LogP contribution in [0.3, 0.4) is 0 Å². The van der Waals surface area contributed by atoms with Crippen LogP contribution in [0.1, 0.15) is 18.5 Å². The van der Waals surface area contributed by atoms with E-state index in [1.54, 1.807) is 53.5 Å². The van der Waals surface area contributed by atoms with Crippen LogP contribution in [0, 0.1) is 0 Å². The Morgan fingerprint density at radius 2 is 1.85 bits per heavy atom. The summed E-state index contributed by atoms with van der Waals surface area (Å²) >= 11 is 18.9. The number of amides is 1. The molecule has 3 heterocycles. The summed E-state index contributed by atoms with van der Waals surface area (Å²) in [6, 6.07) is 15.4. The van der Waals surface area contributed by atoms with Gasteiger partial charge in [0.05, 0.1) is 27.5 Å². The number of carbonyl (C=O) groups is 1. The molecule has 0 radical (unpaired) electrons. The van der Waals surface area contributed by atoms with Gasteiger partial charge < -0.3 is 10.6 Å². The number of nitrogens with zero attached hydrogens (tertiary/aromatic N) is 4. The molecule has 2 aromatic heterocycles. The maximum atomic E-state index is 13.5. The molecule has 4 aromatic rings. The van der Waals surface area contributed by atoms with Crippen molar-refractivity contribution >= 4 is 52.3 Å². The summed E-state index contributed by atoms with van der Waals surface area (Å²) in [5.41, 5.74) is 3.07. The van der Waals surface area contributed by atoms with Crippen molar-refractivity contribution in [1.82, 2.24) is 19.7 Å². The molecule has 2 aromatic carbocycles. The molecule has 34 heavy (non-hydrogen) atoms. The smallest absolute Gasteiger partial charge is 0.255 e. The largest absolute Gasteiger partial charge is 0.328 e. The maximum absolute atomic E-state index is 13.5. The third-order valence-corrected chi connectivity index (χ3v) is 6.48. The first-order valence-corrected chi connectivity index (χ1v) is 11.4. The van der Waals surface area contributed by atoms with Crippen LogP contribution in [0.15, 0.2) is 78.3 Å². The van der Waals surface area contributed by atoms with Gasteiger partial charge in [0.1, 0.15) is 6.04 Å². The molecule has 0 saturated carbocycles. The molecule has 1 atom stereocenters. The first-order chi connectivity index (χ1) is 16.4. The molecule has 0 spiro atoms. The van der Waals surface area contributed by atoms with E-state index >= 15 is 0 Å². The average Bonchev–Trinajstić information content (AvgIpc) is 3.24. The molecular formula is C24H17Cl3N6O. The highest BCUT2D eigenvalue weighted by Crippen LogP contribution is 2.39. The highest BCUT2D eigenvalue weighted by atomic mass is 35.5. The van der Waals surface area contributed by atoms with Crippen LogP contribution >= 0.6 is 34.8 Å². The number of halogens is 3. The molecule has 1 amide bonds. The molecular weight excluding hydrogens is 495 g/mol. The maximum Gasteiger partial charge on any atom is 0.255 e. The molecule has 0 saturated heterocycles. The van der Waals surface area contributed by atoms with Crippen molar-refractivity contribution in [3.8, 4) is 11.4 Å². The van der Waals surface area contributed by atoms with Gasteiger partial charge in [-0.25, -0.2) is 4.68 Å². The fourth-order valence-electron chi connectivity index (χ4n) is 3.82. The van der Waals surface area contributed by atoms with Crippen molar-refractivity contribution in [3.63, 3.8) is 0 Å². The Morgan fingerprint density at radius 1 is 1.03 bits per heavy atom. The number of anilines is 2. The lowest BCUT2D eigenvalue weighted by Gasteiger charge is -2.29. The number of nitrogens with one attached hydrogen (secondary N) is 2. The molecule has 0 aliphatic carbocycles. The van der Waals surface area contributed by atoms with E-state index in [1.807, 2.05) is 25.1 Å². The van der Waals surface area contributed by atoms with E-state index in [9.17, 15) is 4.79 Å². The standard InChI is InChI=1S/C24H17Cl3N6O/c1-13-20(23(34)30-15-5-4-10-28-12-15)21(16-6-2-3-7-17(16)25)33-24(29-13)31-22(32-33)14-8-9-18(26)19(27)11-14/h2-12,21H,1H3,(H,30,34)(H,29,31,32). The highest BCUT2D eigenvalue weighted by molar-refractivity contribution is 6.42. The first kappa shape index (κ1) is 22.4. The van der Waals surface area contributed by atoms with Gasteiger partial charge in [0.25, 0.3) is 5.91 Å². The number of benzene rings is 2. The van der Waals surface area contributed by atoms with Crippen molar-refractivity contribution in [1.29, 1.82) is 0 Å². The van der Waals surface area contributed by atoms with E-state index in [0.717, 1.165) is 0 Å². The number of pyridine rings is 1. The fraction of sp³-hybridized carbons (Fsp3) is 0.0833. The molecule has 2 N–H and O–H groups in total. The number of carbonyl (C=O) groups excluding carboxylic acids is 1. The molecule has 0 bridgehead atoms. The quantitative estimate of drug-likeness (QED) is 0.339. The summed E-state index contributed by atoms with van der Waals surface area (Å²) in [7, 11) is 0. The zero-order valence-electron chi connectivity index (χ0n) is 17.8. The lowest BCUT2D eigenvalue weighted by molar-refractivity contribution is -0.113. The Labute approximate surface area is 210 Å². The number of aromatic nitrogens is 4. The number of rotatable bonds is 4. The zero-order chi connectivity index (χ0) is 23.8. The predicted octanol–water partition coefficient (Wildman–Crippen LogP) is 6.23. The zero-order valence-corrected chi connectivity index (χ0v) is 20.0. The van der Waals surface area contributed by atoms with Gasteiger partial charge in [-0.3, -0.25) is 9.78 Å². The Balaban J connectivity index is 1.62. The van der Waals surface area contributed by atoms with E-state index in [-0.39, 0.29) is 5.91 Å². The van der Waals surface area contributed by atoms with Crippen LogP contribution in [-0.4, -0.2) is 25.7 Å². The monoisotopic (exact) mass is 510 g/mol. The van der Waals surface area contributed by atoms with Crippen LogP contribution in [0.2, 0.25) is 15.1 Å². The number of fused-ring (bicyclic) bond motifs is 1. The van der Waals surface area contributed by atoms with Gasteiger partial charge in [-0.05, 0) is 43.3 Å². The molecule has 10 heteroatoms. The van der Waals surface area contributed by atoms with E-state index in [0.29, 0.717) is 54.9 Å². The summed E-state index contributed by atoms with van der Waals surface area (Å²) in [4.78, 5) is 22.2. The number of hydrogen-bond donors (Lipinski definition) is 2. The minimum Gasteiger partial charge on any atom is -0.328 e. The lowest BCUT2D eigenvalue weighted by atomic mass is 9.95. The highest BCUT2D eigenvalue weighted by Gasteiger charge is 2.35. The number of allylic oxidation sites excluding steroid dienone is 1. The normalized spacial score (nSPS) is 15.0. The molecule has 170 valence electrons. The molecule has 1 aliphatic rings. The van der Waals surface area contributed by atoms with E-state index in [1.165, 1.54) is 0 Å². The van der Waals surface area contributed by atoms with Crippen LogP contribution in [0.25, 0.3) is 11.4 Å². The van der Waals surface area contributed by atoms with E-state index in [2.05, 4.69) is 20.6 Å². The second kappa shape index (κ2) is 9.10. The lowest BCUT2D eigenvalue weighted by Crippen LogP contribution is -2.31. The van der Waals surface area contributed by atoms with Crippen molar-refractivity contribution < 1.29 is 4.79 Å². The van der Waals surface area contributed by atoms with Gasteiger partial charge in [-0.1, -0.05) is 53.0 Å². The van der Waals surface area contributed by atoms with Gasteiger partial charge in [0.15, 0.2) is 5.82 Å².